The Morgan fingerprint density at radius 3 is 2.40 bits per heavy atom. The molecule has 3 nitrogen and oxygen atoms in total. The molecule has 0 radical (unpaired) electrons. The summed E-state index contributed by atoms with van der Waals surface area (Å²) in [7, 11) is 3.78. The SMILES string of the molecule is CN(C)OCC1(C)COC1. The zero-order valence-corrected chi connectivity index (χ0v) is 6.89. The fourth-order valence-electron chi connectivity index (χ4n) is 0.819. The van der Waals surface area contributed by atoms with Gasteiger partial charge in [0.15, 0.2) is 0 Å². The van der Waals surface area contributed by atoms with E-state index < -0.39 is 0 Å². The topological polar surface area (TPSA) is 21.7 Å². The first kappa shape index (κ1) is 7.98. The molecule has 0 aliphatic carbocycles. The molecule has 0 aromatic heterocycles. The van der Waals surface area contributed by atoms with Gasteiger partial charge in [-0.1, -0.05) is 6.92 Å². The lowest BCUT2D eigenvalue weighted by Crippen LogP contribution is -2.44. The largest absolute Gasteiger partial charge is 0.380 e. The average molecular weight is 145 g/mol. The molecule has 1 heterocycles. The summed E-state index contributed by atoms with van der Waals surface area (Å²) in [5.74, 6) is 0. The molecule has 1 aliphatic heterocycles. The molecule has 0 aromatic rings. The van der Waals surface area contributed by atoms with E-state index in [1.807, 2.05) is 14.1 Å². The maximum atomic E-state index is 5.30. The van der Waals surface area contributed by atoms with Crippen molar-refractivity contribution in [1.29, 1.82) is 0 Å². The summed E-state index contributed by atoms with van der Waals surface area (Å²) in [6, 6.07) is 0. The van der Waals surface area contributed by atoms with Crippen LogP contribution in [0.4, 0.5) is 0 Å². The Kier molecular flexibility index (Phi) is 2.28. The molecule has 60 valence electrons. The highest BCUT2D eigenvalue weighted by Crippen LogP contribution is 2.26. The molecule has 0 unspecified atom stereocenters. The van der Waals surface area contributed by atoms with Crippen LogP contribution in [0.15, 0.2) is 0 Å². The van der Waals surface area contributed by atoms with Gasteiger partial charge < -0.3 is 4.74 Å². The number of rotatable bonds is 3. The maximum absolute atomic E-state index is 5.30. The highest BCUT2D eigenvalue weighted by molar-refractivity contribution is 4.79. The molecule has 0 bridgehead atoms. The van der Waals surface area contributed by atoms with Crippen LogP contribution in [0, 0.1) is 5.41 Å². The van der Waals surface area contributed by atoms with Crippen LogP contribution in [0.1, 0.15) is 6.92 Å². The number of hydroxylamine groups is 2. The van der Waals surface area contributed by atoms with Gasteiger partial charge in [0, 0.05) is 19.5 Å². The third kappa shape index (κ3) is 1.94. The zero-order chi connectivity index (χ0) is 7.61. The molecular formula is C7H15NO2. The Balaban J connectivity index is 2.12. The van der Waals surface area contributed by atoms with Gasteiger partial charge in [-0.2, -0.15) is 5.06 Å². The van der Waals surface area contributed by atoms with Gasteiger partial charge in [0.05, 0.1) is 19.8 Å². The monoisotopic (exact) mass is 145 g/mol. The van der Waals surface area contributed by atoms with Gasteiger partial charge in [0.25, 0.3) is 0 Å². The lowest BCUT2D eigenvalue weighted by Gasteiger charge is -2.37. The Labute approximate surface area is 61.9 Å². The second kappa shape index (κ2) is 2.86. The molecule has 0 N–H and O–H groups in total. The van der Waals surface area contributed by atoms with Gasteiger partial charge >= 0.3 is 0 Å². The highest BCUT2D eigenvalue weighted by atomic mass is 16.7. The zero-order valence-electron chi connectivity index (χ0n) is 6.89. The van der Waals surface area contributed by atoms with Gasteiger partial charge in [-0.05, 0) is 0 Å². The van der Waals surface area contributed by atoms with Crippen LogP contribution in [0.2, 0.25) is 0 Å². The fraction of sp³-hybridized carbons (Fsp3) is 1.00. The summed E-state index contributed by atoms with van der Waals surface area (Å²) in [5, 5.41) is 1.73. The van der Waals surface area contributed by atoms with E-state index in [0.29, 0.717) is 0 Å². The van der Waals surface area contributed by atoms with Crippen molar-refractivity contribution in [2.45, 2.75) is 6.92 Å². The number of ether oxygens (including phenoxy) is 1. The first-order valence-corrected chi connectivity index (χ1v) is 3.50. The smallest absolute Gasteiger partial charge is 0.0782 e. The summed E-state index contributed by atoms with van der Waals surface area (Å²) in [4.78, 5) is 5.30. The normalized spacial score (nSPS) is 22.8. The van der Waals surface area contributed by atoms with Crippen LogP contribution >= 0.6 is 0 Å². The Morgan fingerprint density at radius 1 is 1.50 bits per heavy atom. The van der Waals surface area contributed by atoms with Crippen LogP contribution in [-0.2, 0) is 9.57 Å². The van der Waals surface area contributed by atoms with Gasteiger partial charge in [-0.25, -0.2) is 0 Å². The molecule has 3 heteroatoms. The standard InChI is InChI=1S/C7H15NO2/c1-7(4-9-5-7)6-10-8(2)3/h4-6H2,1-3H3. The Hall–Kier alpha value is -0.120. The molecule has 0 aromatic carbocycles. The van der Waals surface area contributed by atoms with Crippen LogP contribution in [0.5, 0.6) is 0 Å². The molecule has 10 heavy (non-hydrogen) atoms. The number of hydrogen-bond acceptors (Lipinski definition) is 3. The summed E-state index contributed by atoms with van der Waals surface area (Å²) in [6.07, 6.45) is 0. The Bertz CT molecular complexity index is 110. The molecule has 1 saturated heterocycles. The predicted molar refractivity (Wildman–Crippen MR) is 38.6 cm³/mol. The van der Waals surface area contributed by atoms with Crippen molar-refractivity contribution < 1.29 is 9.57 Å². The first-order chi connectivity index (χ1) is 4.62. The second-order valence-corrected chi connectivity index (χ2v) is 3.39. The molecule has 1 aliphatic rings. The summed E-state index contributed by atoms with van der Waals surface area (Å²) >= 11 is 0. The lowest BCUT2D eigenvalue weighted by molar-refractivity contribution is -0.205. The fourth-order valence-corrected chi connectivity index (χ4v) is 0.819. The third-order valence-corrected chi connectivity index (χ3v) is 1.57. The average Bonchev–Trinajstić information content (AvgIpc) is 1.79. The number of hydrogen-bond donors (Lipinski definition) is 0. The van der Waals surface area contributed by atoms with Crippen LogP contribution in [0.25, 0.3) is 0 Å². The van der Waals surface area contributed by atoms with E-state index in [1.165, 1.54) is 0 Å². The number of nitrogens with zero attached hydrogens (tertiary/aromatic N) is 1. The quantitative estimate of drug-likeness (QED) is 0.540. The summed E-state index contributed by atoms with van der Waals surface area (Å²) in [6.45, 7) is 4.60. The van der Waals surface area contributed by atoms with Crippen molar-refractivity contribution in [1.82, 2.24) is 5.06 Å². The van der Waals surface area contributed by atoms with Gasteiger partial charge in [0.2, 0.25) is 0 Å². The predicted octanol–water partition coefficient (Wildman–Crippen LogP) is 0.516. The molecular weight excluding hydrogens is 130 g/mol. The van der Waals surface area contributed by atoms with E-state index in [0.717, 1.165) is 19.8 Å². The molecule has 0 amide bonds. The lowest BCUT2D eigenvalue weighted by atomic mass is 9.90. The maximum Gasteiger partial charge on any atom is 0.0782 e. The molecule has 0 atom stereocenters. The van der Waals surface area contributed by atoms with E-state index >= 15 is 0 Å². The van der Waals surface area contributed by atoms with E-state index in [9.17, 15) is 0 Å². The van der Waals surface area contributed by atoms with Crippen molar-refractivity contribution in [3.8, 4) is 0 Å². The molecule has 0 spiro atoms. The minimum absolute atomic E-state index is 0.268. The van der Waals surface area contributed by atoms with Gasteiger partial charge in [-0.3, -0.25) is 4.84 Å². The molecule has 0 saturated carbocycles. The first-order valence-electron chi connectivity index (χ1n) is 3.50. The highest BCUT2D eigenvalue weighted by Gasteiger charge is 2.33. The van der Waals surface area contributed by atoms with Gasteiger partial charge in [0.1, 0.15) is 0 Å². The van der Waals surface area contributed by atoms with Crippen molar-refractivity contribution in [3.63, 3.8) is 0 Å². The van der Waals surface area contributed by atoms with Crippen molar-refractivity contribution in [3.05, 3.63) is 0 Å². The molecule has 1 fully saturated rings. The minimum atomic E-state index is 0.268. The summed E-state index contributed by atoms with van der Waals surface area (Å²) < 4.78 is 5.07. The van der Waals surface area contributed by atoms with Crippen molar-refractivity contribution >= 4 is 0 Å². The van der Waals surface area contributed by atoms with E-state index in [2.05, 4.69) is 6.92 Å². The second-order valence-electron chi connectivity index (χ2n) is 3.39. The minimum Gasteiger partial charge on any atom is -0.380 e. The van der Waals surface area contributed by atoms with Crippen LogP contribution < -0.4 is 0 Å². The van der Waals surface area contributed by atoms with Crippen molar-refractivity contribution in [2.75, 3.05) is 33.9 Å². The molecule has 1 rings (SSSR count). The van der Waals surface area contributed by atoms with Gasteiger partial charge in [-0.15, -0.1) is 0 Å². The van der Waals surface area contributed by atoms with Crippen LogP contribution in [-0.4, -0.2) is 39.0 Å². The van der Waals surface area contributed by atoms with Crippen LogP contribution in [0.3, 0.4) is 0 Å². The van der Waals surface area contributed by atoms with E-state index in [-0.39, 0.29) is 5.41 Å². The third-order valence-electron chi connectivity index (χ3n) is 1.57. The Morgan fingerprint density at radius 2 is 2.10 bits per heavy atom. The van der Waals surface area contributed by atoms with E-state index in [4.69, 9.17) is 9.57 Å². The van der Waals surface area contributed by atoms with Crippen molar-refractivity contribution in [2.24, 2.45) is 5.41 Å². The summed E-state index contributed by atoms with van der Waals surface area (Å²) in [5.41, 5.74) is 0.268. The van der Waals surface area contributed by atoms with E-state index in [1.54, 1.807) is 5.06 Å².